The summed E-state index contributed by atoms with van der Waals surface area (Å²) < 4.78 is 15.0. The number of aromatic carboxylic acids is 1. The van der Waals surface area contributed by atoms with Crippen molar-refractivity contribution in [2.45, 2.75) is 24.7 Å². The number of hydrogen-bond donors (Lipinski definition) is 2. The summed E-state index contributed by atoms with van der Waals surface area (Å²) in [6.07, 6.45) is 3.70. The Morgan fingerprint density at radius 2 is 1.91 bits per heavy atom. The lowest BCUT2D eigenvalue weighted by Crippen LogP contribution is -2.10. The minimum absolute atomic E-state index is 0.00804. The molecule has 0 atom stereocenters. The third-order valence-electron chi connectivity index (χ3n) is 6.32. The van der Waals surface area contributed by atoms with Gasteiger partial charge in [0.05, 0.1) is 11.9 Å². The molecule has 0 bridgehead atoms. The summed E-state index contributed by atoms with van der Waals surface area (Å²) in [7, 11) is 0. The van der Waals surface area contributed by atoms with Crippen LogP contribution in [0, 0.1) is 5.82 Å². The lowest BCUT2D eigenvalue weighted by atomic mass is 9.92. The van der Waals surface area contributed by atoms with E-state index >= 15 is 4.39 Å². The Morgan fingerprint density at radius 3 is 2.62 bits per heavy atom. The predicted octanol–water partition coefficient (Wildman–Crippen LogP) is 5.59. The second kappa shape index (κ2) is 7.85. The van der Waals surface area contributed by atoms with E-state index in [4.69, 9.17) is 10.1 Å². The van der Waals surface area contributed by atoms with Crippen LogP contribution in [-0.2, 0) is 11.8 Å². The summed E-state index contributed by atoms with van der Waals surface area (Å²) in [5.41, 5.74) is 4.16. The molecule has 1 saturated carbocycles. The molecule has 34 heavy (non-hydrogen) atoms. The molecule has 8 heteroatoms. The summed E-state index contributed by atoms with van der Waals surface area (Å²) in [6, 6.07) is 19.4. The van der Waals surface area contributed by atoms with Gasteiger partial charge in [0.15, 0.2) is 0 Å². The second-order valence-corrected chi connectivity index (χ2v) is 9.51. The molecule has 6 rings (SSSR count). The number of H-pyrrole nitrogens is 1. The average molecular weight is 471 g/mol. The summed E-state index contributed by atoms with van der Waals surface area (Å²) in [5, 5.41) is 9.59. The van der Waals surface area contributed by atoms with Crippen molar-refractivity contribution in [3.8, 4) is 10.6 Å². The molecule has 0 unspecified atom stereocenters. The molecule has 168 valence electrons. The Balaban J connectivity index is 1.29. The van der Waals surface area contributed by atoms with Crippen LogP contribution in [-0.4, -0.2) is 31.0 Å². The summed E-state index contributed by atoms with van der Waals surface area (Å²) >= 11 is 1.39. The number of aromatic amines is 1. The first kappa shape index (κ1) is 20.7. The van der Waals surface area contributed by atoms with Gasteiger partial charge in [0.2, 0.25) is 0 Å². The molecule has 3 heterocycles. The van der Waals surface area contributed by atoms with Crippen molar-refractivity contribution in [3.05, 3.63) is 101 Å². The average Bonchev–Trinajstić information content (AvgIpc) is 3.32. The van der Waals surface area contributed by atoms with Crippen LogP contribution in [0.2, 0.25) is 0 Å². The van der Waals surface area contributed by atoms with Crippen LogP contribution in [0.4, 0.5) is 4.39 Å². The number of carbonyl (C=O) groups is 1. The van der Waals surface area contributed by atoms with Crippen molar-refractivity contribution >= 4 is 27.7 Å². The molecular weight excluding hydrogens is 451 g/mol. The molecule has 2 N–H and O–H groups in total. The van der Waals surface area contributed by atoms with Crippen molar-refractivity contribution in [1.29, 1.82) is 0 Å². The maximum atomic E-state index is 15.0. The highest BCUT2D eigenvalue weighted by Crippen LogP contribution is 2.53. The number of pyridine rings is 1. The predicted molar refractivity (Wildman–Crippen MR) is 128 cm³/mol. The molecule has 0 aliphatic heterocycles. The first-order valence-corrected chi connectivity index (χ1v) is 11.7. The van der Waals surface area contributed by atoms with Crippen LogP contribution in [0.3, 0.4) is 0 Å². The summed E-state index contributed by atoms with van der Waals surface area (Å²) in [4.78, 5) is 28.1. The molecule has 0 amide bonds. The number of rotatable bonds is 6. The topological polar surface area (TPSA) is 91.8 Å². The second-order valence-electron chi connectivity index (χ2n) is 8.53. The monoisotopic (exact) mass is 470 g/mol. The molecule has 1 fully saturated rings. The zero-order valence-corrected chi connectivity index (χ0v) is 18.8. The van der Waals surface area contributed by atoms with Crippen LogP contribution in [0.1, 0.15) is 46.0 Å². The minimum atomic E-state index is -1.08. The SMILES string of the molecule is O=C(O)c1cnc(Cc2ccc(-c3nc4ccc(C5(c6ccccc6)CC5)nc4s3)c(F)c2)[nH]1. The molecule has 1 aliphatic rings. The Bertz CT molecular complexity index is 1540. The Kier molecular flexibility index (Phi) is 4.77. The fraction of sp³-hybridized carbons (Fsp3) is 0.154. The van der Waals surface area contributed by atoms with Crippen molar-refractivity contribution < 1.29 is 14.3 Å². The zero-order chi connectivity index (χ0) is 23.3. The number of hydrogen-bond acceptors (Lipinski definition) is 5. The van der Waals surface area contributed by atoms with E-state index in [0.717, 1.165) is 28.9 Å². The van der Waals surface area contributed by atoms with Crippen molar-refractivity contribution in [1.82, 2.24) is 19.9 Å². The number of thiazole rings is 1. The van der Waals surface area contributed by atoms with Crippen molar-refractivity contribution in [2.24, 2.45) is 0 Å². The highest BCUT2D eigenvalue weighted by Gasteiger charge is 2.47. The van der Waals surface area contributed by atoms with Gasteiger partial charge in [-0.2, -0.15) is 0 Å². The summed E-state index contributed by atoms with van der Waals surface area (Å²) in [5.74, 6) is -0.998. The number of carboxylic acids is 1. The van der Waals surface area contributed by atoms with Gasteiger partial charge in [-0.1, -0.05) is 47.7 Å². The number of nitrogens with zero attached hydrogens (tertiary/aromatic N) is 3. The van der Waals surface area contributed by atoms with Gasteiger partial charge in [-0.25, -0.2) is 24.1 Å². The van der Waals surface area contributed by atoms with Crippen LogP contribution < -0.4 is 0 Å². The molecule has 1 aliphatic carbocycles. The quantitative estimate of drug-likeness (QED) is 0.338. The smallest absolute Gasteiger partial charge is 0.353 e. The zero-order valence-electron chi connectivity index (χ0n) is 18.0. The van der Waals surface area contributed by atoms with Gasteiger partial charge in [0, 0.05) is 17.4 Å². The number of fused-ring (bicyclic) bond motifs is 1. The van der Waals surface area contributed by atoms with E-state index in [1.165, 1.54) is 29.2 Å². The van der Waals surface area contributed by atoms with E-state index in [0.29, 0.717) is 28.4 Å². The molecule has 2 aromatic carbocycles. The van der Waals surface area contributed by atoms with Crippen LogP contribution in [0.25, 0.3) is 20.9 Å². The van der Waals surface area contributed by atoms with E-state index in [1.807, 2.05) is 18.2 Å². The van der Waals surface area contributed by atoms with Gasteiger partial charge in [0.1, 0.15) is 32.7 Å². The first-order valence-electron chi connectivity index (χ1n) is 10.9. The van der Waals surface area contributed by atoms with E-state index in [2.05, 4.69) is 39.2 Å². The molecular formula is C26H19FN4O2S. The largest absolute Gasteiger partial charge is 0.477 e. The molecule has 0 saturated heterocycles. The van der Waals surface area contributed by atoms with E-state index < -0.39 is 5.97 Å². The molecule has 0 radical (unpaired) electrons. The third kappa shape index (κ3) is 3.56. The lowest BCUT2D eigenvalue weighted by molar-refractivity contribution is 0.0691. The molecule has 0 spiro atoms. The normalized spacial score (nSPS) is 14.4. The Hall–Kier alpha value is -3.91. The lowest BCUT2D eigenvalue weighted by Gasteiger charge is -2.14. The summed E-state index contributed by atoms with van der Waals surface area (Å²) in [6.45, 7) is 0. The maximum absolute atomic E-state index is 15.0. The number of benzene rings is 2. The van der Waals surface area contributed by atoms with Gasteiger partial charge in [-0.15, -0.1) is 0 Å². The highest BCUT2D eigenvalue weighted by molar-refractivity contribution is 7.21. The number of halogens is 1. The highest BCUT2D eigenvalue weighted by atomic mass is 32.1. The van der Waals surface area contributed by atoms with Gasteiger partial charge in [-0.05, 0) is 48.2 Å². The van der Waals surface area contributed by atoms with Crippen LogP contribution >= 0.6 is 11.3 Å². The Morgan fingerprint density at radius 1 is 1.09 bits per heavy atom. The Labute approximate surface area is 198 Å². The number of imidazole rings is 1. The minimum Gasteiger partial charge on any atom is -0.477 e. The van der Waals surface area contributed by atoms with Gasteiger partial charge in [0.25, 0.3) is 0 Å². The van der Waals surface area contributed by atoms with Crippen molar-refractivity contribution in [2.75, 3.05) is 0 Å². The van der Waals surface area contributed by atoms with Gasteiger partial charge >= 0.3 is 5.97 Å². The third-order valence-corrected chi connectivity index (χ3v) is 7.31. The molecule has 5 aromatic rings. The first-order chi connectivity index (χ1) is 16.5. The number of nitrogens with one attached hydrogen (secondary N) is 1. The molecule has 6 nitrogen and oxygen atoms in total. The van der Waals surface area contributed by atoms with Crippen LogP contribution in [0.5, 0.6) is 0 Å². The van der Waals surface area contributed by atoms with Gasteiger partial charge in [-0.3, -0.25) is 0 Å². The van der Waals surface area contributed by atoms with E-state index in [-0.39, 0.29) is 16.9 Å². The van der Waals surface area contributed by atoms with Gasteiger partial charge < -0.3 is 10.1 Å². The maximum Gasteiger partial charge on any atom is 0.353 e. The molecule has 3 aromatic heterocycles. The fourth-order valence-corrected chi connectivity index (χ4v) is 5.33. The van der Waals surface area contributed by atoms with E-state index in [9.17, 15) is 4.79 Å². The van der Waals surface area contributed by atoms with E-state index in [1.54, 1.807) is 12.1 Å². The number of aromatic nitrogens is 4. The fourth-order valence-electron chi connectivity index (χ4n) is 4.37. The number of carboxylic acid groups (broad SMARTS) is 1. The van der Waals surface area contributed by atoms with Crippen molar-refractivity contribution in [3.63, 3.8) is 0 Å². The van der Waals surface area contributed by atoms with Crippen LogP contribution in [0.15, 0.2) is 66.9 Å². The standard InChI is InChI=1S/C26H19FN4O2S/c27-18-12-15(13-22-28-14-20(29-22)25(32)33)6-7-17(18)23-30-19-8-9-21(31-24(19)34-23)26(10-11-26)16-4-2-1-3-5-16/h1-9,12,14H,10-11,13H2,(H,28,29)(H,32,33).